The molecule has 24 heavy (non-hydrogen) atoms. The van der Waals surface area contributed by atoms with Gasteiger partial charge in [0.1, 0.15) is 5.75 Å². The zero-order valence-corrected chi connectivity index (χ0v) is 15.6. The second-order valence-electron chi connectivity index (χ2n) is 5.67. The zero-order valence-electron chi connectivity index (χ0n) is 13.2. The second kappa shape index (κ2) is 6.95. The van der Waals surface area contributed by atoms with Gasteiger partial charge in [-0.3, -0.25) is 4.79 Å². The predicted molar refractivity (Wildman–Crippen MR) is 88.5 cm³/mol. The first-order chi connectivity index (χ1) is 11.1. The number of hydrogen-bond donors (Lipinski definition) is 1. The quantitative estimate of drug-likeness (QED) is 0.726. The smallest absolute Gasteiger partial charge is 0.276 e. The van der Waals surface area contributed by atoms with Crippen molar-refractivity contribution in [1.82, 2.24) is 4.72 Å². The van der Waals surface area contributed by atoms with Crippen molar-refractivity contribution < 1.29 is 26.7 Å². The summed E-state index contributed by atoms with van der Waals surface area (Å²) in [5.41, 5.74) is -0.357. The van der Waals surface area contributed by atoms with E-state index in [1.165, 1.54) is 32.0 Å². The van der Waals surface area contributed by atoms with Gasteiger partial charge < -0.3 is 4.74 Å². The average Bonchev–Trinajstić information content (AvgIpc) is 3.33. The summed E-state index contributed by atoms with van der Waals surface area (Å²) in [5.74, 6) is -4.16. The molecule has 1 saturated carbocycles. The Kier molecular flexibility index (Phi) is 5.54. The van der Waals surface area contributed by atoms with Crippen molar-refractivity contribution >= 4 is 31.9 Å². The van der Waals surface area contributed by atoms with Crippen molar-refractivity contribution in [3.63, 3.8) is 0 Å². The molecule has 0 bridgehead atoms. The normalized spacial score (nSPS) is 16.5. The lowest BCUT2D eigenvalue weighted by Gasteiger charge is -2.21. The summed E-state index contributed by atoms with van der Waals surface area (Å²) in [6, 6.07) is 4.06. The number of carbonyl (C=O) groups excluding carboxylic acids is 1. The molecule has 1 aliphatic rings. The van der Waals surface area contributed by atoms with E-state index >= 15 is 0 Å². The summed E-state index contributed by atoms with van der Waals surface area (Å²) in [7, 11) is -3.71. The maximum atomic E-state index is 14.1. The molecule has 0 saturated heterocycles. The molecular weight excluding hydrogens is 408 g/mol. The molecule has 1 N–H and O–H groups in total. The first-order valence-electron chi connectivity index (χ1n) is 7.47. The van der Waals surface area contributed by atoms with Crippen LogP contribution in [0.2, 0.25) is 0 Å². The second-order valence-corrected chi connectivity index (χ2v) is 8.55. The lowest BCUT2D eigenvalue weighted by molar-refractivity contribution is -0.125. The number of rotatable bonds is 7. The minimum Gasteiger partial charge on any atom is -0.480 e. The van der Waals surface area contributed by atoms with Crippen LogP contribution in [0, 0.1) is 0 Å². The highest BCUT2D eigenvalue weighted by Crippen LogP contribution is 2.39. The Hall–Kier alpha value is -1.22. The molecule has 0 spiro atoms. The first kappa shape index (κ1) is 19.1. The Morgan fingerprint density at radius 1 is 1.46 bits per heavy atom. The molecule has 2 rings (SSSR count). The van der Waals surface area contributed by atoms with Crippen molar-refractivity contribution in [2.75, 3.05) is 0 Å². The molecule has 1 aliphatic carbocycles. The molecule has 0 radical (unpaired) electrons. The lowest BCUT2D eigenvalue weighted by atomic mass is 10.1. The molecule has 1 aromatic rings. The summed E-state index contributed by atoms with van der Waals surface area (Å²) >= 11 is 3.13. The molecule has 9 heteroatoms. The van der Waals surface area contributed by atoms with Crippen LogP contribution in [0.3, 0.4) is 0 Å². The van der Waals surface area contributed by atoms with Gasteiger partial charge in [-0.1, -0.05) is 22.9 Å². The molecule has 5 nitrogen and oxygen atoms in total. The number of benzene rings is 1. The highest BCUT2D eigenvalue weighted by molar-refractivity contribution is 9.10. The van der Waals surface area contributed by atoms with Gasteiger partial charge in [-0.15, -0.1) is 0 Å². The molecule has 0 aliphatic heterocycles. The third-order valence-electron chi connectivity index (χ3n) is 3.66. The van der Waals surface area contributed by atoms with Crippen LogP contribution in [0.1, 0.15) is 38.7 Å². The minimum atomic E-state index is -3.71. The molecule has 134 valence electrons. The van der Waals surface area contributed by atoms with Crippen LogP contribution in [0.4, 0.5) is 8.78 Å². The maximum Gasteiger partial charge on any atom is 0.276 e. The van der Waals surface area contributed by atoms with Gasteiger partial charge >= 0.3 is 0 Å². The number of halogens is 3. The number of sulfonamides is 1. The molecular formula is C15H18BrF2NO4S. The molecule has 0 heterocycles. The van der Waals surface area contributed by atoms with Crippen LogP contribution >= 0.6 is 15.9 Å². The largest absolute Gasteiger partial charge is 0.480 e. The Balaban J connectivity index is 2.16. The maximum absolute atomic E-state index is 14.1. The number of nitrogens with one attached hydrogen (secondary N) is 1. The Morgan fingerprint density at radius 2 is 2.08 bits per heavy atom. The number of alkyl halides is 2. The summed E-state index contributed by atoms with van der Waals surface area (Å²) in [6.45, 7) is 2.65. The highest BCUT2D eigenvalue weighted by atomic mass is 79.9. The fraction of sp³-hybridized carbons (Fsp3) is 0.533. The minimum absolute atomic E-state index is 0.156. The summed E-state index contributed by atoms with van der Waals surface area (Å²) in [5, 5.41) is -0.554. The monoisotopic (exact) mass is 425 g/mol. The van der Waals surface area contributed by atoms with Gasteiger partial charge in [0.2, 0.25) is 10.0 Å². The Morgan fingerprint density at radius 3 is 2.62 bits per heavy atom. The molecule has 1 aromatic carbocycles. The van der Waals surface area contributed by atoms with E-state index in [1.54, 1.807) is 0 Å². The lowest BCUT2D eigenvalue weighted by Crippen LogP contribution is -2.41. The van der Waals surface area contributed by atoms with Crippen LogP contribution in [0.25, 0.3) is 0 Å². The van der Waals surface area contributed by atoms with Gasteiger partial charge in [0.15, 0.2) is 6.10 Å². The SMILES string of the molecule is CCC(F)(F)c1cc(Br)ccc1OC(C)C(=O)NS(=O)(=O)C1CC1. The van der Waals surface area contributed by atoms with E-state index in [0.717, 1.165) is 0 Å². The average molecular weight is 426 g/mol. The topological polar surface area (TPSA) is 72.5 Å². The third-order valence-corrected chi connectivity index (χ3v) is 5.99. The van der Waals surface area contributed by atoms with Crippen molar-refractivity contribution in [2.24, 2.45) is 0 Å². The number of hydrogen-bond acceptors (Lipinski definition) is 4. The standard InChI is InChI=1S/C15H18BrF2NO4S/c1-3-15(17,18)12-8-10(16)4-7-13(12)23-9(2)14(20)19-24(21,22)11-5-6-11/h4,7-9,11H,3,5-6H2,1-2H3,(H,19,20). The van der Waals surface area contributed by atoms with E-state index in [0.29, 0.717) is 17.3 Å². The van der Waals surface area contributed by atoms with Crippen LogP contribution < -0.4 is 9.46 Å². The van der Waals surface area contributed by atoms with Gasteiger partial charge in [-0.05, 0) is 38.0 Å². The van der Waals surface area contributed by atoms with E-state index in [1.807, 2.05) is 4.72 Å². The number of carbonyl (C=O) groups is 1. The van der Waals surface area contributed by atoms with Crippen molar-refractivity contribution in [3.8, 4) is 5.75 Å². The van der Waals surface area contributed by atoms with E-state index in [-0.39, 0.29) is 11.3 Å². The van der Waals surface area contributed by atoms with Gasteiger partial charge in [0, 0.05) is 10.9 Å². The van der Waals surface area contributed by atoms with Crippen LogP contribution in [-0.2, 0) is 20.7 Å². The van der Waals surface area contributed by atoms with E-state index in [9.17, 15) is 22.0 Å². The molecule has 0 aromatic heterocycles. The predicted octanol–water partition coefficient (Wildman–Crippen LogP) is 3.33. The fourth-order valence-electron chi connectivity index (χ4n) is 2.01. The van der Waals surface area contributed by atoms with Gasteiger partial charge in [-0.2, -0.15) is 0 Å². The van der Waals surface area contributed by atoms with E-state index < -0.39 is 39.6 Å². The molecule has 1 atom stereocenters. The van der Waals surface area contributed by atoms with Crippen molar-refractivity contribution in [2.45, 2.75) is 50.4 Å². The third kappa shape index (κ3) is 4.44. The van der Waals surface area contributed by atoms with Gasteiger partial charge in [-0.25, -0.2) is 21.9 Å². The number of ether oxygens (including phenoxy) is 1. The van der Waals surface area contributed by atoms with Crippen molar-refractivity contribution in [3.05, 3.63) is 28.2 Å². The Labute approximate surface area is 147 Å². The molecule has 1 amide bonds. The zero-order chi connectivity index (χ0) is 18.1. The Bertz CT molecular complexity index is 735. The van der Waals surface area contributed by atoms with Gasteiger partial charge in [0.05, 0.1) is 10.8 Å². The van der Waals surface area contributed by atoms with E-state index in [2.05, 4.69) is 15.9 Å². The van der Waals surface area contributed by atoms with Gasteiger partial charge in [0.25, 0.3) is 11.8 Å². The molecule has 1 unspecified atom stereocenters. The molecule has 1 fully saturated rings. The number of amides is 1. The fourth-order valence-corrected chi connectivity index (χ4v) is 3.74. The van der Waals surface area contributed by atoms with Crippen LogP contribution in [0.5, 0.6) is 5.75 Å². The van der Waals surface area contributed by atoms with E-state index in [4.69, 9.17) is 4.74 Å². The van der Waals surface area contributed by atoms with Crippen molar-refractivity contribution in [1.29, 1.82) is 0 Å². The van der Waals surface area contributed by atoms with Crippen LogP contribution in [0.15, 0.2) is 22.7 Å². The summed E-state index contributed by atoms with van der Waals surface area (Å²) in [6.07, 6.45) is -0.642. The highest BCUT2D eigenvalue weighted by Gasteiger charge is 2.38. The van der Waals surface area contributed by atoms with Crippen LogP contribution in [-0.4, -0.2) is 25.7 Å². The summed E-state index contributed by atoms with van der Waals surface area (Å²) < 4.78 is 59.4. The first-order valence-corrected chi connectivity index (χ1v) is 9.80. The summed E-state index contributed by atoms with van der Waals surface area (Å²) in [4.78, 5) is 12.0.